The number of nitriles is 1. The molecule has 0 heterocycles. The number of anilines is 1. The first-order valence-electron chi connectivity index (χ1n) is 5.78. The van der Waals surface area contributed by atoms with Gasteiger partial charge in [-0.3, -0.25) is 0 Å². The molecule has 1 rings (SSSR count). The van der Waals surface area contributed by atoms with E-state index in [1.807, 2.05) is 0 Å². The van der Waals surface area contributed by atoms with Crippen LogP contribution < -0.4 is 5.32 Å². The molecule has 0 radical (unpaired) electrons. The molecule has 2 N–H and O–H groups in total. The lowest BCUT2D eigenvalue weighted by molar-refractivity contribution is -0.137. The van der Waals surface area contributed by atoms with E-state index in [2.05, 4.69) is 5.32 Å². The second-order valence-electron chi connectivity index (χ2n) is 4.46. The Morgan fingerprint density at radius 3 is 2.47 bits per heavy atom. The SMILES string of the molecule is CC(CO)C(C)Nc1ccc(C#N)c(C(F)(F)F)c1. The van der Waals surface area contributed by atoms with Gasteiger partial charge in [-0.25, -0.2) is 0 Å². The second-order valence-corrected chi connectivity index (χ2v) is 4.46. The fourth-order valence-electron chi connectivity index (χ4n) is 1.53. The average Bonchev–Trinajstić information content (AvgIpc) is 2.36. The van der Waals surface area contributed by atoms with Gasteiger partial charge in [0.05, 0.1) is 17.2 Å². The van der Waals surface area contributed by atoms with Crippen molar-refractivity contribution in [1.29, 1.82) is 5.26 Å². The van der Waals surface area contributed by atoms with E-state index in [1.54, 1.807) is 13.8 Å². The first kappa shape index (κ1) is 15.3. The summed E-state index contributed by atoms with van der Waals surface area (Å²) >= 11 is 0. The molecule has 2 unspecified atom stereocenters. The molecule has 0 amide bonds. The van der Waals surface area contributed by atoms with E-state index in [4.69, 9.17) is 10.4 Å². The molecule has 2 atom stereocenters. The van der Waals surface area contributed by atoms with Crippen LogP contribution >= 0.6 is 0 Å². The van der Waals surface area contributed by atoms with Gasteiger partial charge in [-0.2, -0.15) is 18.4 Å². The zero-order chi connectivity index (χ0) is 14.6. The van der Waals surface area contributed by atoms with Crippen LogP contribution in [-0.2, 0) is 6.18 Å². The minimum atomic E-state index is -4.56. The van der Waals surface area contributed by atoms with Crippen LogP contribution in [0.25, 0.3) is 0 Å². The van der Waals surface area contributed by atoms with Gasteiger partial charge >= 0.3 is 6.18 Å². The van der Waals surface area contributed by atoms with Crippen LogP contribution in [0.4, 0.5) is 18.9 Å². The number of nitrogens with one attached hydrogen (secondary N) is 1. The third kappa shape index (κ3) is 3.86. The smallest absolute Gasteiger partial charge is 0.396 e. The summed E-state index contributed by atoms with van der Waals surface area (Å²) in [6.45, 7) is 3.49. The summed E-state index contributed by atoms with van der Waals surface area (Å²) < 4.78 is 38.3. The zero-order valence-electron chi connectivity index (χ0n) is 10.6. The number of hydrogen-bond donors (Lipinski definition) is 2. The van der Waals surface area contributed by atoms with Crippen molar-refractivity contribution < 1.29 is 18.3 Å². The Hall–Kier alpha value is -1.74. The summed E-state index contributed by atoms with van der Waals surface area (Å²) in [5, 5.41) is 20.6. The van der Waals surface area contributed by atoms with E-state index in [9.17, 15) is 13.2 Å². The molecule has 0 aliphatic carbocycles. The highest BCUT2D eigenvalue weighted by Gasteiger charge is 2.33. The minimum absolute atomic E-state index is 0.0590. The highest BCUT2D eigenvalue weighted by atomic mass is 19.4. The lowest BCUT2D eigenvalue weighted by atomic mass is 10.0. The lowest BCUT2D eigenvalue weighted by Crippen LogP contribution is -2.26. The molecule has 1 aromatic carbocycles. The molecule has 0 fully saturated rings. The van der Waals surface area contributed by atoms with Crippen molar-refractivity contribution in [1.82, 2.24) is 0 Å². The highest BCUT2D eigenvalue weighted by Crippen LogP contribution is 2.33. The van der Waals surface area contributed by atoms with Crippen LogP contribution in [0.5, 0.6) is 0 Å². The Balaban J connectivity index is 3.03. The van der Waals surface area contributed by atoms with Crippen molar-refractivity contribution in [3.8, 4) is 6.07 Å². The van der Waals surface area contributed by atoms with Crippen LogP contribution in [-0.4, -0.2) is 17.8 Å². The van der Waals surface area contributed by atoms with Crippen molar-refractivity contribution in [3.05, 3.63) is 29.3 Å². The third-order valence-corrected chi connectivity index (χ3v) is 2.98. The first-order chi connectivity index (χ1) is 8.79. The van der Waals surface area contributed by atoms with Crippen molar-refractivity contribution in [2.24, 2.45) is 5.92 Å². The largest absolute Gasteiger partial charge is 0.417 e. The number of benzene rings is 1. The Morgan fingerprint density at radius 1 is 1.37 bits per heavy atom. The maximum Gasteiger partial charge on any atom is 0.417 e. The standard InChI is InChI=1S/C13H15F3N2O/c1-8(7-19)9(2)18-11-4-3-10(6-17)12(5-11)13(14,15)16/h3-5,8-9,18-19H,7H2,1-2H3. The summed E-state index contributed by atoms with van der Waals surface area (Å²) in [5.41, 5.74) is -1.08. The fourth-order valence-corrected chi connectivity index (χ4v) is 1.53. The summed E-state index contributed by atoms with van der Waals surface area (Å²) in [5.74, 6) is -0.0926. The first-order valence-corrected chi connectivity index (χ1v) is 5.78. The molecule has 19 heavy (non-hydrogen) atoms. The highest BCUT2D eigenvalue weighted by molar-refractivity contribution is 5.53. The van der Waals surface area contributed by atoms with E-state index in [1.165, 1.54) is 12.1 Å². The van der Waals surface area contributed by atoms with E-state index < -0.39 is 17.3 Å². The van der Waals surface area contributed by atoms with E-state index in [0.29, 0.717) is 0 Å². The van der Waals surface area contributed by atoms with Gasteiger partial charge in [0, 0.05) is 18.3 Å². The Morgan fingerprint density at radius 2 is 2.00 bits per heavy atom. The predicted octanol–water partition coefficient (Wildman–Crippen LogP) is 3.01. The number of alkyl halides is 3. The zero-order valence-corrected chi connectivity index (χ0v) is 10.6. The maximum atomic E-state index is 12.8. The molecule has 3 nitrogen and oxygen atoms in total. The number of aliphatic hydroxyl groups is 1. The van der Waals surface area contributed by atoms with Gasteiger partial charge in [0.15, 0.2) is 0 Å². The van der Waals surface area contributed by atoms with Crippen LogP contribution in [0, 0.1) is 17.2 Å². The summed E-state index contributed by atoms with van der Waals surface area (Å²) in [6.07, 6.45) is -4.56. The van der Waals surface area contributed by atoms with Crippen LogP contribution in [0.3, 0.4) is 0 Å². The van der Waals surface area contributed by atoms with Crippen molar-refractivity contribution in [2.45, 2.75) is 26.1 Å². The molecule has 6 heteroatoms. The molecule has 0 saturated carbocycles. The van der Waals surface area contributed by atoms with E-state index in [0.717, 1.165) is 12.1 Å². The molecule has 0 saturated heterocycles. The number of hydrogen-bond acceptors (Lipinski definition) is 3. The molecule has 0 aliphatic heterocycles. The molecular formula is C13H15F3N2O. The van der Waals surface area contributed by atoms with Crippen LogP contribution in [0.1, 0.15) is 25.0 Å². The van der Waals surface area contributed by atoms with Gasteiger partial charge in [0.1, 0.15) is 0 Å². The van der Waals surface area contributed by atoms with Gasteiger partial charge in [-0.1, -0.05) is 6.92 Å². The monoisotopic (exact) mass is 272 g/mol. The summed E-state index contributed by atoms with van der Waals surface area (Å²) in [4.78, 5) is 0. The Bertz CT molecular complexity index is 480. The predicted molar refractivity (Wildman–Crippen MR) is 65.5 cm³/mol. The minimum Gasteiger partial charge on any atom is -0.396 e. The van der Waals surface area contributed by atoms with Gasteiger partial charge < -0.3 is 10.4 Å². The second kappa shape index (κ2) is 5.93. The molecule has 1 aromatic rings. The van der Waals surface area contributed by atoms with Crippen LogP contribution in [0.15, 0.2) is 18.2 Å². The Labute approximate surface area is 109 Å². The molecule has 0 aliphatic rings. The number of nitrogens with zero attached hydrogens (tertiary/aromatic N) is 1. The van der Waals surface area contributed by atoms with Gasteiger partial charge in [0.25, 0.3) is 0 Å². The molecule has 0 bridgehead atoms. The molecule has 104 valence electrons. The third-order valence-electron chi connectivity index (χ3n) is 2.98. The summed E-state index contributed by atoms with van der Waals surface area (Å²) in [6, 6.07) is 4.83. The Kier molecular flexibility index (Phi) is 4.78. The number of rotatable bonds is 4. The maximum absolute atomic E-state index is 12.8. The van der Waals surface area contributed by atoms with Crippen molar-refractivity contribution >= 4 is 5.69 Å². The van der Waals surface area contributed by atoms with Gasteiger partial charge in [-0.15, -0.1) is 0 Å². The van der Waals surface area contributed by atoms with Gasteiger partial charge in [-0.05, 0) is 31.0 Å². The van der Waals surface area contributed by atoms with Crippen molar-refractivity contribution in [3.63, 3.8) is 0 Å². The average molecular weight is 272 g/mol. The molecule has 0 spiro atoms. The molecular weight excluding hydrogens is 257 g/mol. The summed E-state index contributed by atoms with van der Waals surface area (Å²) in [7, 11) is 0. The topological polar surface area (TPSA) is 56.0 Å². The lowest BCUT2D eigenvalue weighted by Gasteiger charge is -2.21. The van der Waals surface area contributed by atoms with Gasteiger partial charge in [0.2, 0.25) is 0 Å². The normalized spacial score (nSPS) is 14.6. The van der Waals surface area contributed by atoms with E-state index in [-0.39, 0.29) is 24.3 Å². The quantitative estimate of drug-likeness (QED) is 0.885. The van der Waals surface area contributed by atoms with Crippen LogP contribution in [0.2, 0.25) is 0 Å². The van der Waals surface area contributed by atoms with E-state index >= 15 is 0 Å². The number of halogens is 3. The molecule has 0 aromatic heterocycles. The number of aliphatic hydroxyl groups excluding tert-OH is 1. The fraction of sp³-hybridized carbons (Fsp3) is 0.462. The van der Waals surface area contributed by atoms with Crippen molar-refractivity contribution in [2.75, 3.05) is 11.9 Å².